The van der Waals surface area contributed by atoms with Crippen molar-refractivity contribution in [3.8, 4) is 0 Å². The van der Waals surface area contributed by atoms with Crippen molar-refractivity contribution < 1.29 is 8.42 Å². The molecule has 1 heterocycles. The molecule has 0 aliphatic carbocycles. The lowest BCUT2D eigenvalue weighted by molar-refractivity contribution is 0.194. The van der Waals surface area contributed by atoms with Gasteiger partial charge in [0.25, 0.3) is 0 Å². The van der Waals surface area contributed by atoms with Crippen molar-refractivity contribution in [2.45, 2.75) is 34.1 Å². The summed E-state index contributed by atoms with van der Waals surface area (Å²) >= 11 is 0. The minimum Gasteiger partial charge on any atom is -0.286 e. The molecule has 0 fully saturated rings. The summed E-state index contributed by atoms with van der Waals surface area (Å²) in [6, 6.07) is 0. The predicted octanol–water partition coefficient (Wildman–Crippen LogP) is 1.90. The molecule has 1 N–H and O–H groups in total. The number of allylic oxidation sites excluding steroid dienone is 1. The molecule has 92 valence electrons. The van der Waals surface area contributed by atoms with Gasteiger partial charge in [-0.1, -0.05) is 27.7 Å². The zero-order valence-electron chi connectivity index (χ0n) is 10.5. The first-order valence-corrected chi connectivity index (χ1v) is 7.14. The first-order valence-electron chi connectivity index (χ1n) is 5.25. The van der Waals surface area contributed by atoms with E-state index in [1.165, 1.54) is 0 Å². The summed E-state index contributed by atoms with van der Waals surface area (Å²) in [6.07, 6.45) is 5.29. The van der Waals surface area contributed by atoms with Crippen LogP contribution in [-0.2, 0) is 10.0 Å². The lowest BCUT2D eigenvalue weighted by Crippen LogP contribution is -2.38. The van der Waals surface area contributed by atoms with Gasteiger partial charge in [0.15, 0.2) is 0 Å². The number of sulfonamides is 1. The Bertz CT molecular complexity index is 429. The molecule has 1 rings (SSSR count). The van der Waals surface area contributed by atoms with Crippen LogP contribution in [0.25, 0.3) is 0 Å². The van der Waals surface area contributed by atoms with Gasteiger partial charge in [-0.15, -0.1) is 0 Å². The highest BCUT2D eigenvalue weighted by molar-refractivity contribution is 7.88. The molecule has 1 unspecified atom stereocenters. The highest BCUT2D eigenvalue weighted by Gasteiger charge is 2.38. The number of nitrogens with zero attached hydrogens (tertiary/aromatic N) is 1. The Labute approximate surface area is 97.9 Å². The number of rotatable bonds is 2. The average Bonchev–Trinajstić information content (AvgIpc) is 1.98. The molecular weight excluding hydrogens is 224 g/mol. The van der Waals surface area contributed by atoms with E-state index in [0.29, 0.717) is 12.1 Å². The molecule has 0 saturated carbocycles. The molecule has 5 heteroatoms. The smallest absolute Gasteiger partial charge is 0.229 e. The zero-order valence-corrected chi connectivity index (χ0v) is 11.4. The summed E-state index contributed by atoms with van der Waals surface area (Å²) in [5, 5.41) is 0. The molecule has 0 amide bonds. The van der Waals surface area contributed by atoms with Gasteiger partial charge in [0.1, 0.15) is 0 Å². The second-order valence-corrected chi connectivity index (χ2v) is 7.40. The van der Waals surface area contributed by atoms with Crippen molar-refractivity contribution in [3.63, 3.8) is 0 Å². The van der Waals surface area contributed by atoms with Crippen LogP contribution in [0.4, 0.5) is 0 Å². The maximum atomic E-state index is 11.2. The van der Waals surface area contributed by atoms with Crippen LogP contribution in [0, 0.1) is 10.8 Å². The third kappa shape index (κ3) is 3.07. The Morgan fingerprint density at radius 2 is 2.00 bits per heavy atom. The zero-order chi connectivity index (χ0) is 12.6. The van der Waals surface area contributed by atoms with E-state index in [-0.39, 0.29) is 10.8 Å². The van der Waals surface area contributed by atoms with E-state index < -0.39 is 10.0 Å². The predicted molar refractivity (Wildman–Crippen MR) is 66.7 cm³/mol. The van der Waals surface area contributed by atoms with Crippen molar-refractivity contribution in [2.75, 3.05) is 6.26 Å². The summed E-state index contributed by atoms with van der Waals surface area (Å²) in [6.45, 7) is 8.47. The Hall–Kier alpha value is -0.840. The van der Waals surface area contributed by atoms with Gasteiger partial charge in [-0.3, -0.25) is 9.71 Å². The summed E-state index contributed by atoms with van der Waals surface area (Å²) in [4.78, 5) is 4.15. The van der Waals surface area contributed by atoms with Crippen LogP contribution in [-0.4, -0.2) is 20.9 Å². The maximum Gasteiger partial charge on any atom is 0.229 e. The highest BCUT2D eigenvalue weighted by atomic mass is 32.2. The van der Waals surface area contributed by atoms with E-state index in [0.717, 1.165) is 6.26 Å². The van der Waals surface area contributed by atoms with Crippen molar-refractivity contribution >= 4 is 16.2 Å². The van der Waals surface area contributed by atoms with Crippen LogP contribution in [0.3, 0.4) is 0 Å². The third-order valence-electron chi connectivity index (χ3n) is 3.18. The SMILES string of the molecule is CC(C)(C)C1(C)C=NC=C(NS(C)(=O)=O)C1. The van der Waals surface area contributed by atoms with Crippen molar-refractivity contribution in [1.82, 2.24) is 4.72 Å². The monoisotopic (exact) mass is 244 g/mol. The summed E-state index contributed by atoms with van der Waals surface area (Å²) < 4.78 is 24.8. The van der Waals surface area contributed by atoms with Crippen molar-refractivity contribution in [1.29, 1.82) is 0 Å². The van der Waals surface area contributed by atoms with Gasteiger partial charge in [-0.05, 0) is 5.41 Å². The van der Waals surface area contributed by atoms with Crippen molar-refractivity contribution in [2.24, 2.45) is 15.8 Å². The molecule has 1 aliphatic heterocycles. The topological polar surface area (TPSA) is 58.5 Å². The van der Waals surface area contributed by atoms with Gasteiger partial charge in [0, 0.05) is 29.9 Å². The second kappa shape index (κ2) is 3.87. The lowest BCUT2D eigenvalue weighted by atomic mass is 9.66. The number of hydrogen-bond donors (Lipinski definition) is 1. The van der Waals surface area contributed by atoms with Gasteiger partial charge in [-0.2, -0.15) is 0 Å². The fraction of sp³-hybridized carbons (Fsp3) is 0.727. The van der Waals surface area contributed by atoms with Crippen LogP contribution < -0.4 is 4.72 Å². The van der Waals surface area contributed by atoms with E-state index in [4.69, 9.17) is 0 Å². The molecule has 0 radical (unpaired) electrons. The standard InChI is InChI=1S/C11H20N2O2S/c1-10(2,3)11(4)6-9(7-12-8-11)13-16(5,14)15/h7-8,13H,6H2,1-5H3. The van der Waals surface area contributed by atoms with Crippen LogP contribution in [0.2, 0.25) is 0 Å². The number of nitrogens with one attached hydrogen (secondary N) is 1. The quantitative estimate of drug-likeness (QED) is 0.806. The van der Waals surface area contributed by atoms with Crippen LogP contribution in [0.1, 0.15) is 34.1 Å². The van der Waals surface area contributed by atoms with Gasteiger partial charge in [0.05, 0.1) is 6.26 Å². The van der Waals surface area contributed by atoms with E-state index in [1.54, 1.807) is 6.20 Å². The number of hydrogen-bond acceptors (Lipinski definition) is 3. The molecule has 0 bridgehead atoms. The van der Waals surface area contributed by atoms with E-state index in [2.05, 4.69) is 37.4 Å². The lowest BCUT2D eigenvalue weighted by Gasteiger charge is -2.40. The summed E-state index contributed by atoms with van der Waals surface area (Å²) in [7, 11) is -3.21. The maximum absolute atomic E-state index is 11.2. The van der Waals surface area contributed by atoms with E-state index in [1.807, 2.05) is 6.21 Å². The van der Waals surface area contributed by atoms with Crippen molar-refractivity contribution in [3.05, 3.63) is 11.9 Å². The molecule has 0 aromatic carbocycles. The first kappa shape index (κ1) is 13.2. The minimum atomic E-state index is -3.21. The number of aliphatic imine (C=N–C) groups is 1. The van der Waals surface area contributed by atoms with Gasteiger partial charge >= 0.3 is 0 Å². The highest BCUT2D eigenvalue weighted by Crippen LogP contribution is 2.42. The molecule has 0 saturated heterocycles. The molecule has 1 atom stereocenters. The molecule has 16 heavy (non-hydrogen) atoms. The van der Waals surface area contributed by atoms with E-state index >= 15 is 0 Å². The summed E-state index contributed by atoms with van der Waals surface area (Å²) in [5.74, 6) is 0. The van der Waals surface area contributed by atoms with Gasteiger partial charge < -0.3 is 0 Å². The Balaban J connectivity index is 2.91. The van der Waals surface area contributed by atoms with Gasteiger partial charge in [-0.25, -0.2) is 8.42 Å². The van der Waals surface area contributed by atoms with Crippen LogP contribution >= 0.6 is 0 Å². The van der Waals surface area contributed by atoms with Gasteiger partial charge in [0.2, 0.25) is 10.0 Å². The Morgan fingerprint density at radius 1 is 1.44 bits per heavy atom. The Kier molecular flexibility index (Phi) is 3.20. The molecule has 1 aliphatic rings. The molecular formula is C11H20N2O2S. The summed E-state index contributed by atoms with van der Waals surface area (Å²) in [5.41, 5.74) is 0.562. The van der Waals surface area contributed by atoms with E-state index in [9.17, 15) is 8.42 Å². The minimum absolute atomic E-state index is 0.0369. The first-order chi connectivity index (χ1) is 7.04. The molecule has 0 aromatic heterocycles. The fourth-order valence-corrected chi connectivity index (χ4v) is 2.14. The second-order valence-electron chi connectivity index (χ2n) is 5.65. The van der Waals surface area contributed by atoms with Crippen LogP contribution in [0.5, 0.6) is 0 Å². The average molecular weight is 244 g/mol. The third-order valence-corrected chi connectivity index (χ3v) is 3.81. The Morgan fingerprint density at radius 3 is 2.44 bits per heavy atom. The fourth-order valence-electron chi connectivity index (χ4n) is 1.54. The largest absolute Gasteiger partial charge is 0.286 e. The molecule has 4 nitrogen and oxygen atoms in total. The van der Waals surface area contributed by atoms with Crippen LogP contribution in [0.15, 0.2) is 16.9 Å². The molecule has 0 spiro atoms. The molecule has 0 aromatic rings. The normalized spacial score (nSPS) is 26.4.